The zero-order valence-electron chi connectivity index (χ0n) is 12.5. The highest BCUT2D eigenvalue weighted by Gasteiger charge is 2.37. The molecule has 0 spiro atoms. The van der Waals surface area contributed by atoms with Crippen LogP contribution in [-0.4, -0.2) is 34.9 Å². The first-order valence-electron chi connectivity index (χ1n) is 6.62. The van der Waals surface area contributed by atoms with Gasteiger partial charge in [0.1, 0.15) is 5.54 Å². The van der Waals surface area contributed by atoms with Crippen molar-refractivity contribution in [2.45, 2.75) is 44.9 Å². The number of esters is 1. The second kappa shape index (κ2) is 6.46. The Bertz CT molecular complexity index is 487. The highest BCUT2D eigenvalue weighted by atomic mass is 19.4. The molecule has 0 amide bonds. The van der Waals surface area contributed by atoms with E-state index in [0.29, 0.717) is 0 Å². The minimum atomic E-state index is -4.47. The van der Waals surface area contributed by atoms with Gasteiger partial charge in [0.15, 0.2) is 5.69 Å². The van der Waals surface area contributed by atoms with Crippen LogP contribution in [0.4, 0.5) is 13.2 Å². The molecule has 0 fully saturated rings. The first-order chi connectivity index (χ1) is 9.64. The second-order valence-corrected chi connectivity index (χ2v) is 5.03. The summed E-state index contributed by atoms with van der Waals surface area (Å²) in [6.45, 7) is 5.28. The Balaban J connectivity index is 2.86. The molecule has 0 saturated heterocycles. The Labute approximate surface area is 121 Å². The summed E-state index contributed by atoms with van der Waals surface area (Å²) >= 11 is 0. The average molecular weight is 307 g/mol. The molecule has 0 bridgehead atoms. The fourth-order valence-corrected chi connectivity index (χ4v) is 2.00. The topological polar surface area (TPSA) is 56.2 Å². The van der Waals surface area contributed by atoms with Crippen LogP contribution in [0.25, 0.3) is 0 Å². The van der Waals surface area contributed by atoms with Crippen LogP contribution in [-0.2, 0) is 15.7 Å². The maximum absolute atomic E-state index is 12.5. The summed E-state index contributed by atoms with van der Waals surface area (Å²) in [5.41, 5.74) is -1.93. The zero-order valence-corrected chi connectivity index (χ0v) is 12.5. The highest BCUT2D eigenvalue weighted by molar-refractivity contribution is 5.80. The maximum atomic E-state index is 12.5. The molecule has 0 aliphatic heterocycles. The normalized spacial score (nSPS) is 16.3. The van der Waals surface area contributed by atoms with Crippen LogP contribution in [0.1, 0.15) is 38.9 Å². The molecule has 1 heterocycles. The van der Waals surface area contributed by atoms with Crippen molar-refractivity contribution in [1.29, 1.82) is 0 Å². The number of nitrogens with zero attached hydrogens (tertiary/aromatic N) is 2. The van der Waals surface area contributed by atoms with Crippen LogP contribution in [0, 0.1) is 0 Å². The van der Waals surface area contributed by atoms with Crippen molar-refractivity contribution < 1.29 is 22.7 Å². The third kappa shape index (κ3) is 4.20. The lowest BCUT2D eigenvalue weighted by atomic mass is 9.94. The van der Waals surface area contributed by atoms with Gasteiger partial charge in [-0.3, -0.25) is 9.48 Å². The molecule has 0 aliphatic rings. The quantitative estimate of drug-likeness (QED) is 0.820. The summed E-state index contributed by atoms with van der Waals surface area (Å²) in [6, 6.07) is 0.514. The number of nitrogens with one attached hydrogen (secondary N) is 1. The van der Waals surface area contributed by atoms with E-state index in [-0.39, 0.29) is 13.0 Å². The van der Waals surface area contributed by atoms with Crippen molar-refractivity contribution in [2.24, 2.45) is 0 Å². The summed E-state index contributed by atoms with van der Waals surface area (Å²) in [5.74, 6) is -0.442. The maximum Gasteiger partial charge on any atom is 0.435 e. The molecule has 1 N–H and O–H groups in total. The van der Waals surface area contributed by atoms with Gasteiger partial charge in [-0.1, -0.05) is 0 Å². The van der Waals surface area contributed by atoms with E-state index in [0.717, 1.165) is 6.07 Å². The zero-order chi connectivity index (χ0) is 16.3. The minimum absolute atomic E-state index is 0.241. The molecule has 0 aliphatic carbocycles. The van der Waals surface area contributed by atoms with Crippen LogP contribution in [0.2, 0.25) is 0 Å². The molecule has 1 aromatic rings. The molecule has 1 rings (SSSR count). The van der Waals surface area contributed by atoms with Gasteiger partial charge in [-0.15, -0.1) is 0 Å². The van der Waals surface area contributed by atoms with Crippen molar-refractivity contribution in [3.8, 4) is 0 Å². The molecule has 2 unspecified atom stereocenters. The lowest BCUT2D eigenvalue weighted by Crippen LogP contribution is -2.50. The predicted molar refractivity (Wildman–Crippen MR) is 70.7 cm³/mol. The Morgan fingerprint density at radius 3 is 2.57 bits per heavy atom. The second-order valence-electron chi connectivity index (χ2n) is 5.03. The van der Waals surface area contributed by atoms with E-state index in [1.165, 1.54) is 10.9 Å². The van der Waals surface area contributed by atoms with Crippen LogP contribution < -0.4 is 5.32 Å². The van der Waals surface area contributed by atoms with Gasteiger partial charge in [0.05, 0.1) is 12.6 Å². The molecule has 5 nitrogen and oxygen atoms in total. The minimum Gasteiger partial charge on any atom is -0.465 e. The fourth-order valence-electron chi connectivity index (χ4n) is 2.00. The van der Waals surface area contributed by atoms with E-state index in [4.69, 9.17) is 4.74 Å². The first kappa shape index (κ1) is 17.5. The number of aromatic nitrogens is 2. The standard InChI is InChI=1S/C13H20F3N3O2/c1-5-21-11(20)12(3,17-4)8-9(2)19-7-6-10(18-19)13(14,15)16/h6-7,9,17H,5,8H2,1-4H3. The summed E-state index contributed by atoms with van der Waals surface area (Å²) < 4.78 is 43.8. The van der Waals surface area contributed by atoms with Crippen molar-refractivity contribution in [3.05, 3.63) is 18.0 Å². The van der Waals surface area contributed by atoms with Crippen LogP contribution in [0.15, 0.2) is 12.3 Å². The fraction of sp³-hybridized carbons (Fsp3) is 0.692. The van der Waals surface area contributed by atoms with Gasteiger partial charge < -0.3 is 10.1 Å². The van der Waals surface area contributed by atoms with Gasteiger partial charge in [0, 0.05) is 6.20 Å². The molecular weight excluding hydrogens is 287 g/mol. The predicted octanol–water partition coefficient (Wildman–Crippen LogP) is 2.39. The van der Waals surface area contributed by atoms with Gasteiger partial charge in [0.2, 0.25) is 0 Å². The number of hydrogen-bond donors (Lipinski definition) is 1. The molecule has 2 atom stereocenters. The van der Waals surface area contributed by atoms with Gasteiger partial charge in [-0.05, 0) is 40.3 Å². The average Bonchev–Trinajstić information content (AvgIpc) is 2.88. The Morgan fingerprint density at radius 1 is 1.52 bits per heavy atom. The van der Waals surface area contributed by atoms with E-state index >= 15 is 0 Å². The monoisotopic (exact) mass is 307 g/mol. The number of halogens is 3. The number of rotatable bonds is 6. The van der Waals surface area contributed by atoms with Crippen LogP contribution in [0.5, 0.6) is 0 Å². The Morgan fingerprint density at radius 2 is 2.14 bits per heavy atom. The van der Waals surface area contributed by atoms with E-state index in [1.54, 1.807) is 27.8 Å². The van der Waals surface area contributed by atoms with Crippen molar-refractivity contribution in [2.75, 3.05) is 13.7 Å². The lowest BCUT2D eigenvalue weighted by Gasteiger charge is -2.29. The van der Waals surface area contributed by atoms with Gasteiger partial charge in [0.25, 0.3) is 0 Å². The van der Waals surface area contributed by atoms with E-state index < -0.39 is 29.4 Å². The molecule has 120 valence electrons. The van der Waals surface area contributed by atoms with E-state index in [9.17, 15) is 18.0 Å². The van der Waals surface area contributed by atoms with Crippen molar-refractivity contribution in [3.63, 3.8) is 0 Å². The number of alkyl halides is 3. The summed E-state index contributed by atoms with van der Waals surface area (Å²) in [7, 11) is 1.61. The summed E-state index contributed by atoms with van der Waals surface area (Å²) in [6.07, 6.45) is -2.96. The number of carbonyl (C=O) groups excluding carboxylic acids is 1. The molecular formula is C13H20F3N3O2. The SMILES string of the molecule is CCOC(=O)C(C)(CC(C)n1ccc(C(F)(F)F)n1)NC. The van der Waals surface area contributed by atoms with Crippen LogP contribution >= 0.6 is 0 Å². The van der Waals surface area contributed by atoms with Gasteiger partial charge in [-0.25, -0.2) is 0 Å². The smallest absolute Gasteiger partial charge is 0.435 e. The van der Waals surface area contributed by atoms with Gasteiger partial charge >= 0.3 is 12.1 Å². The highest BCUT2D eigenvalue weighted by Crippen LogP contribution is 2.29. The molecule has 1 aromatic heterocycles. The number of ether oxygens (including phenoxy) is 1. The largest absolute Gasteiger partial charge is 0.465 e. The van der Waals surface area contributed by atoms with Crippen molar-refractivity contribution >= 4 is 5.97 Å². The Hall–Kier alpha value is -1.57. The summed E-state index contributed by atoms with van der Waals surface area (Å²) in [4.78, 5) is 11.9. The Kier molecular flexibility index (Phi) is 5.38. The molecule has 0 saturated carbocycles. The van der Waals surface area contributed by atoms with Crippen LogP contribution in [0.3, 0.4) is 0 Å². The van der Waals surface area contributed by atoms with E-state index in [2.05, 4.69) is 10.4 Å². The third-order valence-electron chi connectivity index (χ3n) is 3.33. The molecule has 0 radical (unpaired) electrons. The third-order valence-corrected chi connectivity index (χ3v) is 3.33. The van der Waals surface area contributed by atoms with Crippen molar-refractivity contribution in [1.82, 2.24) is 15.1 Å². The lowest BCUT2D eigenvalue weighted by molar-refractivity contribution is -0.151. The first-order valence-corrected chi connectivity index (χ1v) is 6.62. The molecule has 21 heavy (non-hydrogen) atoms. The van der Waals surface area contributed by atoms with Gasteiger partial charge in [-0.2, -0.15) is 18.3 Å². The van der Waals surface area contributed by atoms with E-state index in [1.807, 2.05) is 0 Å². The number of hydrogen-bond acceptors (Lipinski definition) is 4. The molecule has 0 aromatic carbocycles. The number of likely N-dealkylation sites (N-methyl/N-ethyl adjacent to an activating group) is 1. The summed E-state index contributed by atoms with van der Waals surface area (Å²) in [5, 5.41) is 6.38. The number of carbonyl (C=O) groups is 1. The molecule has 8 heteroatoms.